The molecule has 0 spiro atoms. The number of hydrogen-bond acceptors (Lipinski definition) is 1. The van der Waals surface area contributed by atoms with Gasteiger partial charge in [-0.25, -0.2) is 0 Å². The van der Waals surface area contributed by atoms with Crippen LogP contribution in [-0.2, 0) is 0 Å². The lowest BCUT2D eigenvalue weighted by atomic mass is 9.86. The van der Waals surface area contributed by atoms with Crippen LogP contribution in [0.3, 0.4) is 0 Å². The predicted octanol–water partition coefficient (Wildman–Crippen LogP) is 5.38. The van der Waals surface area contributed by atoms with Gasteiger partial charge >= 0.3 is 0 Å². The lowest BCUT2D eigenvalue weighted by molar-refractivity contribution is 0.331. The van der Waals surface area contributed by atoms with Crippen LogP contribution < -0.4 is 0 Å². The molecule has 82 valence electrons. The zero-order valence-electron chi connectivity index (χ0n) is 8.46. The number of rotatable bonds is 2. The summed E-state index contributed by atoms with van der Waals surface area (Å²) in [5.41, 5.74) is 0. The first-order chi connectivity index (χ1) is 7.24. The Kier molecular flexibility index (Phi) is 2.99. The topological polar surface area (TPSA) is 0 Å². The Labute approximate surface area is 112 Å². The largest absolute Gasteiger partial charge is 0.132 e. The second-order valence-corrected chi connectivity index (χ2v) is 8.36. The van der Waals surface area contributed by atoms with Crippen molar-refractivity contribution in [3.05, 3.63) is 20.8 Å². The van der Waals surface area contributed by atoms with Gasteiger partial charge in [0, 0.05) is 4.88 Å². The Morgan fingerprint density at radius 1 is 1.27 bits per heavy atom. The van der Waals surface area contributed by atoms with Gasteiger partial charge in [0.1, 0.15) is 0 Å². The summed E-state index contributed by atoms with van der Waals surface area (Å²) in [6.07, 6.45) is 5.93. The van der Waals surface area contributed by atoms with E-state index in [0.717, 1.165) is 17.8 Å². The lowest BCUT2D eigenvalue weighted by Crippen LogP contribution is -2.14. The Balaban J connectivity index is 1.77. The molecule has 1 aromatic rings. The van der Waals surface area contributed by atoms with Crippen molar-refractivity contribution in [2.24, 2.45) is 17.8 Å². The van der Waals surface area contributed by atoms with Gasteiger partial charge in [0.05, 0.1) is 8.61 Å². The number of alkyl halides is 1. The molecular formula is C12H14Br2S. The Bertz CT molecular complexity index is 360. The third-order valence-corrected chi connectivity index (χ3v) is 7.22. The summed E-state index contributed by atoms with van der Waals surface area (Å²) in [6, 6.07) is 4.43. The van der Waals surface area contributed by atoms with E-state index in [9.17, 15) is 0 Å². The van der Waals surface area contributed by atoms with E-state index < -0.39 is 0 Å². The van der Waals surface area contributed by atoms with E-state index in [-0.39, 0.29) is 0 Å². The highest BCUT2D eigenvalue weighted by Gasteiger charge is 2.42. The molecule has 1 aromatic heterocycles. The highest BCUT2D eigenvalue weighted by Crippen LogP contribution is 2.55. The molecule has 0 nitrogen and oxygen atoms in total. The SMILES string of the molecule is Brc1ccc(C(Br)C2CC3CCC2C3)s1. The molecule has 2 aliphatic carbocycles. The fourth-order valence-electron chi connectivity index (χ4n) is 3.34. The summed E-state index contributed by atoms with van der Waals surface area (Å²) >= 11 is 9.35. The van der Waals surface area contributed by atoms with Gasteiger partial charge < -0.3 is 0 Å². The minimum absolute atomic E-state index is 0.601. The average molecular weight is 350 g/mol. The van der Waals surface area contributed by atoms with Crippen LogP contribution in [0.1, 0.15) is 35.4 Å². The van der Waals surface area contributed by atoms with Crippen LogP contribution in [0.5, 0.6) is 0 Å². The van der Waals surface area contributed by atoms with Crippen molar-refractivity contribution in [2.75, 3.05) is 0 Å². The van der Waals surface area contributed by atoms with Crippen molar-refractivity contribution >= 4 is 43.2 Å². The molecule has 3 heteroatoms. The van der Waals surface area contributed by atoms with E-state index in [4.69, 9.17) is 0 Å². The lowest BCUT2D eigenvalue weighted by Gasteiger charge is -2.25. The van der Waals surface area contributed by atoms with Gasteiger partial charge in [-0.3, -0.25) is 0 Å². The first-order valence-electron chi connectivity index (χ1n) is 5.63. The molecule has 1 heterocycles. The summed E-state index contributed by atoms with van der Waals surface area (Å²) in [5, 5.41) is 0. The molecule has 15 heavy (non-hydrogen) atoms. The van der Waals surface area contributed by atoms with Crippen LogP contribution in [0.15, 0.2) is 15.9 Å². The number of hydrogen-bond donors (Lipinski definition) is 0. The van der Waals surface area contributed by atoms with Crippen LogP contribution in [0.2, 0.25) is 0 Å². The van der Waals surface area contributed by atoms with Crippen molar-refractivity contribution in [3.8, 4) is 0 Å². The fourth-order valence-corrected chi connectivity index (χ4v) is 5.90. The van der Waals surface area contributed by atoms with Crippen molar-refractivity contribution in [3.63, 3.8) is 0 Å². The smallest absolute Gasteiger partial charge is 0.0701 e. The Morgan fingerprint density at radius 2 is 2.13 bits per heavy atom. The van der Waals surface area contributed by atoms with E-state index in [1.807, 2.05) is 11.3 Å². The molecule has 4 unspecified atom stereocenters. The molecule has 0 amide bonds. The van der Waals surface area contributed by atoms with Gasteiger partial charge in [-0.2, -0.15) is 0 Å². The van der Waals surface area contributed by atoms with Gasteiger partial charge in [-0.05, 0) is 65.1 Å². The molecule has 2 aliphatic rings. The van der Waals surface area contributed by atoms with E-state index >= 15 is 0 Å². The number of fused-ring (bicyclic) bond motifs is 2. The second kappa shape index (κ2) is 4.15. The molecule has 2 saturated carbocycles. The van der Waals surface area contributed by atoms with E-state index in [1.165, 1.54) is 34.3 Å². The molecule has 0 N–H and O–H groups in total. The van der Waals surface area contributed by atoms with Crippen LogP contribution in [0.25, 0.3) is 0 Å². The van der Waals surface area contributed by atoms with Crippen molar-refractivity contribution in [2.45, 2.75) is 30.5 Å². The molecule has 2 fully saturated rings. The standard InChI is InChI=1S/C12H14Br2S/c13-11-4-3-10(15-11)12(14)9-6-7-1-2-8(9)5-7/h3-4,7-9,12H,1-2,5-6H2. The molecule has 0 saturated heterocycles. The summed E-state index contributed by atoms with van der Waals surface area (Å²) in [5.74, 6) is 2.94. The summed E-state index contributed by atoms with van der Waals surface area (Å²) in [7, 11) is 0. The Morgan fingerprint density at radius 3 is 2.67 bits per heavy atom. The van der Waals surface area contributed by atoms with Gasteiger partial charge in [0.2, 0.25) is 0 Å². The van der Waals surface area contributed by atoms with E-state index in [1.54, 1.807) is 0 Å². The molecular weight excluding hydrogens is 336 g/mol. The van der Waals surface area contributed by atoms with E-state index in [0.29, 0.717) is 4.83 Å². The first-order valence-corrected chi connectivity index (χ1v) is 8.16. The second-order valence-electron chi connectivity index (χ2n) is 4.88. The molecule has 3 rings (SSSR count). The maximum atomic E-state index is 3.92. The summed E-state index contributed by atoms with van der Waals surface area (Å²) in [6.45, 7) is 0. The number of halogens is 2. The Hall–Kier alpha value is 0.660. The van der Waals surface area contributed by atoms with Crippen LogP contribution in [0.4, 0.5) is 0 Å². The van der Waals surface area contributed by atoms with E-state index in [2.05, 4.69) is 44.0 Å². The molecule has 4 atom stereocenters. The zero-order chi connectivity index (χ0) is 10.4. The van der Waals surface area contributed by atoms with Gasteiger partial charge in [-0.1, -0.05) is 22.4 Å². The normalized spacial score (nSPS) is 36.0. The average Bonchev–Trinajstić information content (AvgIpc) is 2.90. The molecule has 0 radical (unpaired) electrons. The third kappa shape index (κ3) is 1.96. The maximum absolute atomic E-state index is 3.92. The van der Waals surface area contributed by atoms with Gasteiger partial charge in [0.15, 0.2) is 0 Å². The highest BCUT2D eigenvalue weighted by molar-refractivity contribution is 9.11. The van der Waals surface area contributed by atoms with Gasteiger partial charge in [0.25, 0.3) is 0 Å². The monoisotopic (exact) mass is 348 g/mol. The fraction of sp³-hybridized carbons (Fsp3) is 0.667. The first kappa shape index (κ1) is 10.8. The zero-order valence-corrected chi connectivity index (χ0v) is 12.4. The molecule has 0 aliphatic heterocycles. The minimum atomic E-state index is 0.601. The van der Waals surface area contributed by atoms with Crippen LogP contribution >= 0.6 is 43.2 Å². The quantitative estimate of drug-likeness (QED) is 0.628. The molecule has 2 bridgehead atoms. The van der Waals surface area contributed by atoms with Crippen molar-refractivity contribution < 1.29 is 0 Å². The molecule has 0 aromatic carbocycles. The number of thiophene rings is 1. The predicted molar refractivity (Wildman–Crippen MR) is 72.6 cm³/mol. The van der Waals surface area contributed by atoms with Gasteiger partial charge in [-0.15, -0.1) is 11.3 Å². The third-order valence-electron chi connectivity index (χ3n) is 4.03. The van der Waals surface area contributed by atoms with Crippen molar-refractivity contribution in [1.29, 1.82) is 0 Å². The highest BCUT2D eigenvalue weighted by atomic mass is 79.9. The summed E-state index contributed by atoms with van der Waals surface area (Å²) < 4.78 is 1.25. The van der Waals surface area contributed by atoms with Crippen molar-refractivity contribution in [1.82, 2.24) is 0 Å². The maximum Gasteiger partial charge on any atom is 0.0701 e. The summed E-state index contributed by atoms with van der Waals surface area (Å²) in [4.78, 5) is 2.10. The van der Waals surface area contributed by atoms with Crippen LogP contribution in [0, 0.1) is 17.8 Å². The van der Waals surface area contributed by atoms with Crippen LogP contribution in [-0.4, -0.2) is 0 Å². The minimum Gasteiger partial charge on any atom is -0.132 e.